The van der Waals surface area contributed by atoms with E-state index in [9.17, 15) is 15.2 Å². The van der Waals surface area contributed by atoms with Gasteiger partial charge in [-0.1, -0.05) is 61.5 Å². The molecule has 4 heteroatoms. The lowest BCUT2D eigenvalue weighted by Gasteiger charge is -2.32. The summed E-state index contributed by atoms with van der Waals surface area (Å²) in [5.41, 5.74) is 0.177. The average molecular weight is 375 g/mol. The number of fused-ring (bicyclic) bond motifs is 1. The molecule has 0 aliphatic carbocycles. The Morgan fingerprint density at radius 2 is 1.78 bits per heavy atom. The Kier molecular flexibility index (Phi) is 5.53. The van der Waals surface area contributed by atoms with Gasteiger partial charge in [0.1, 0.15) is 0 Å². The number of nitrogens with zero attached hydrogens (tertiary/aromatic N) is 1. The smallest absolute Gasteiger partial charge is 0.325 e. The Balaban J connectivity index is 2.33. The van der Waals surface area contributed by atoms with Gasteiger partial charge in [-0.3, -0.25) is 4.79 Å². The molecule has 0 radical (unpaired) electrons. The van der Waals surface area contributed by atoms with Gasteiger partial charge in [0, 0.05) is 10.8 Å². The average Bonchev–Trinajstić information content (AvgIpc) is 2.72. The first-order chi connectivity index (χ1) is 13.1. The molecule has 0 aliphatic rings. The third-order valence-corrected chi connectivity index (χ3v) is 5.96. The van der Waals surface area contributed by atoms with Gasteiger partial charge in [-0.05, 0) is 46.7 Å². The molecular weight excluding hydrogens is 354 g/mol. The number of carboxylic acids is 1. The van der Waals surface area contributed by atoms with Crippen molar-refractivity contribution in [2.75, 3.05) is 6.26 Å². The molecule has 0 aliphatic heterocycles. The van der Waals surface area contributed by atoms with E-state index in [1.807, 2.05) is 73.0 Å². The second-order valence-corrected chi connectivity index (χ2v) is 7.40. The molecule has 0 fully saturated rings. The van der Waals surface area contributed by atoms with E-state index in [2.05, 4.69) is 6.07 Å². The van der Waals surface area contributed by atoms with Crippen LogP contribution in [0.25, 0.3) is 10.8 Å². The van der Waals surface area contributed by atoms with Gasteiger partial charge in [0.15, 0.2) is 5.41 Å². The van der Waals surface area contributed by atoms with Gasteiger partial charge in [-0.25, -0.2) is 0 Å². The second-order valence-electron chi connectivity index (χ2n) is 6.52. The molecule has 0 saturated heterocycles. The van der Waals surface area contributed by atoms with Crippen LogP contribution in [0, 0.1) is 16.7 Å². The fraction of sp³-hybridized carbons (Fsp3) is 0.217. The van der Waals surface area contributed by atoms with Crippen LogP contribution in [0.2, 0.25) is 0 Å². The Morgan fingerprint density at radius 3 is 2.37 bits per heavy atom. The highest BCUT2D eigenvalue weighted by Gasteiger charge is 2.47. The van der Waals surface area contributed by atoms with Gasteiger partial charge in [-0.15, -0.1) is 11.8 Å². The summed E-state index contributed by atoms with van der Waals surface area (Å²) >= 11 is 1.63. The molecule has 0 amide bonds. The molecule has 3 rings (SSSR count). The molecule has 3 aromatic rings. The molecule has 0 aromatic heterocycles. The SMILES string of the molecule is CCC(C#N)(C(=O)O)C(c1ccc(SC)cc1)c1cccc2ccccc12. The summed E-state index contributed by atoms with van der Waals surface area (Å²) in [6.07, 6.45) is 2.22. The second kappa shape index (κ2) is 7.85. The quantitative estimate of drug-likeness (QED) is 0.562. The molecule has 2 unspecified atom stereocenters. The van der Waals surface area contributed by atoms with Crippen molar-refractivity contribution < 1.29 is 9.90 Å². The van der Waals surface area contributed by atoms with Gasteiger partial charge < -0.3 is 5.11 Å². The van der Waals surface area contributed by atoms with Crippen molar-refractivity contribution in [2.45, 2.75) is 24.2 Å². The third-order valence-electron chi connectivity index (χ3n) is 5.22. The number of carbonyl (C=O) groups is 1. The summed E-state index contributed by atoms with van der Waals surface area (Å²) in [7, 11) is 0. The van der Waals surface area contributed by atoms with Crippen LogP contribution < -0.4 is 0 Å². The van der Waals surface area contributed by atoms with E-state index in [4.69, 9.17) is 0 Å². The fourth-order valence-corrected chi connectivity index (χ4v) is 4.11. The lowest BCUT2D eigenvalue weighted by Crippen LogP contribution is -2.36. The number of benzene rings is 3. The molecule has 3 aromatic carbocycles. The fourth-order valence-electron chi connectivity index (χ4n) is 3.70. The summed E-state index contributed by atoms with van der Waals surface area (Å²) in [6, 6.07) is 23.8. The Labute approximate surface area is 163 Å². The van der Waals surface area contributed by atoms with Crippen molar-refractivity contribution in [1.29, 1.82) is 5.26 Å². The van der Waals surface area contributed by atoms with Gasteiger partial charge in [0.25, 0.3) is 0 Å². The van der Waals surface area contributed by atoms with Crippen LogP contribution in [0.5, 0.6) is 0 Å². The number of aliphatic carboxylic acids is 1. The Bertz CT molecular complexity index is 1000. The van der Waals surface area contributed by atoms with Crippen molar-refractivity contribution in [1.82, 2.24) is 0 Å². The minimum atomic E-state index is -1.54. The van der Waals surface area contributed by atoms with E-state index in [1.54, 1.807) is 18.7 Å². The molecule has 0 bridgehead atoms. The van der Waals surface area contributed by atoms with Crippen LogP contribution in [-0.4, -0.2) is 17.3 Å². The van der Waals surface area contributed by atoms with E-state index < -0.39 is 17.3 Å². The number of nitriles is 1. The highest BCUT2D eigenvalue weighted by molar-refractivity contribution is 7.98. The standard InChI is InChI=1S/C23H21NO2S/c1-3-23(15-24,22(25)26)21(17-11-13-18(27-2)14-12-17)20-10-6-8-16-7-4-5-9-19(16)20/h4-14,21H,3H2,1-2H3,(H,25,26). The maximum atomic E-state index is 12.3. The molecule has 3 nitrogen and oxygen atoms in total. The Morgan fingerprint density at radius 1 is 1.11 bits per heavy atom. The van der Waals surface area contributed by atoms with Crippen LogP contribution in [0.1, 0.15) is 30.4 Å². The van der Waals surface area contributed by atoms with Gasteiger partial charge in [0.2, 0.25) is 0 Å². The summed E-state index contributed by atoms with van der Waals surface area (Å²) in [6.45, 7) is 1.77. The van der Waals surface area contributed by atoms with Crippen LogP contribution in [0.15, 0.2) is 71.6 Å². The monoisotopic (exact) mass is 375 g/mol. The Hall–Kier alpha value is -2.77. The number of hydrogen-bond acceptors (Lipinski definition) is 3. The zero-order valence-corrected chi connectivity index (χ0v) is 16.2. The molecule has 0 heterocycles. The van der Waals surface area contributed by atoms with Crippen molar-refractivity contribution in [3.63, 3.8) is 0 Å². The number of carboxylic acid groups (broad SMARTS) is 1. The molecule has 0 spiro atoms. The zero-order valence-electron chi connectivity index (χ0n) is 15.3. The third kappa shape index (κ3) is 3.31. The van der Waals surface area contributed by atoms with Crippen LogP contribution in [0.3, 0.4) is 0 Å². The van der Waals surface area contributed by atoms with Crippen molar-refractivity contribution in [3.8, 4) is 6.07 Å². The van der Waals surface area contributed by atoms with E-state index in [1.165, 1.54) is 0 Å². The molecular formula is C23H21NO2S. The number of rotatable bonds is 6. The largest absolute Gasteiger partial charge is 0.480 e. The molecule has 136 valence electrons. The summed E-state index contributed by atoms with van der Waals surface area (Å²) < 4.78 is 0. The topological polar surface area (TPSA) is 61.1 Å². The summed E-state index contributed by atoms with van der Waals surface area (Å²) in [5, 5.41) is 22.1. The van der Waals surface area contributed by atoms with E-state index in [0.29, 0.717) is 0 Å². The van der Waals surface area contributed by atoms with Crippen molar-refractivity contribution in [3.05, 3.63) is 77.9 Å². The molecule has 2 atom stereocenters. The van der Waals surface area contributed by atoms with E-state index in [0.717, 1.165) is 26.8 Å². The maximum absolute atomic E-state index is 12.3. The van der Waals surface area contributed by atoms with Gasteiger partial charge in [0.05, 0.1) is 6.07 Å². The van der Waals surface area contributed by atoms with Crippen molar-refractivity contribution >= 4 is 28.5 Å². The van der Waals surface area contributed by atoms with E-state index >= 15 is 0 Å². The lowest BCUT2D eigenvalue weighted by molar-refractivity contribution is -0.146. The maximum Gasteiger partial charge on any atom is 0.325 e. The van der Waals surface area contributed by atoms with Gasteiger partial charge >= 0.3 is 5.97 Å². The van der Waals surface area contributed by atoms with E-state index in [-0.39, 0.29) is 6.42 Å². The highest BCUT2D eigenvalue weighted by atomic mass is 32.2. The summed E-state index contributed by atoms with van der Waals surface area (Å²) in [5.74, 6) is -1.65. The summed E-state index contributed by atoms with van der Waals surface area (Å²) in [4.78, 5) is 13.4. The first-order valence-electron chi connectivity index (χ1n) is 8.83. The van der Waals surface area contributed by atoms with Gasteiger partial charge in [-0.2, -0.15) is 5.26 Å². The first kappa shape index (κ1) is 19.0. The minimum Gasteiger partial charge on any atom is -0.480 e. The number of thioether (sulfide) groups is 1. The van der Waals surface area contributed by atoms with Crippen molar-refractivity contribution in [2.24, 2.45) is 5.41 Å². The van der Waals surface area contributed by atoms with Crippen LogP contribution in [0.4, 0.5) is 0 Å². The molecule has 0 saturated carbocycles. The highest BCUT2D eigenvalue weighted by Crippen LogP contribution is 2.46. The van der Waals surface area contributed by atoms with Crippen LogP contribution in [-0.2, 0) is 4.79 Å². The minimum absolute atomic E-state index is 0.219. The van der Waals surface area contributed by atoms with Crippen LogP contribution >= 0.6 is 11.8 Å². The zero-order chi connectivity index (χ0) is 19.4. The lowest BCUT2D eigenvalue weighted by atomic mass is 9.67. The predicted octanol–water partition coefficient (Wildman–Crippen LogP) is 5.70. The first-order valence-corrected chi connectivity index (χ1v) is 10.1. The normalized spacial score (nSPS) is 14.3. The molecule has 1 N–H and O–H groups in total. The number of hydrogen-bond donors (Lipinski definition) is 1. The molecule has 27 heavy (non-hydrogen) atoms. The predicted molar refractivity (Wildman–Crippen MR) is 110 cm³/mol.